The normalized spacial score (nSPS) is 10.5. The first kappa shape index (κ1) is 14.8. The number of aryl methyl sites for hydroxylation is 1. The fraction of sp³-hybridized carbons (Fsp3) is 0.118. The van der Waals surface area contributed by atoms with Crippen LogP contribution in [-0.4, -0.2) is 21.2 Å². The van der Waals surface area contributed by atoms with Gasteiger partial charge in [-0.1, -0.05) is 12.1 Å². The number of Topliss-reactive ketones (excluding diaryl/α,β-unsaturated/α-hetero) is 1. The van der Waals surface area contributed by atoms with E-state index in [4.69, 9.17) is 4.42 Å². The van der Waals surface area contributed by atoms with Crippen LogP contribution in [-0.2, 0) is 7.05 Å². The third kappa shape index (κ3) is 3.06. The number of carbonyl (C=O) groups excluding carboxylic acids is 2. The van der Waals surface area contributed by atoms with E-state index in [-0.39, 0.29) is 11.7 Å². The molecule has 1 aromatic carbocycles. The number of hydrogen-bond acceptors (Lipinski definition) is 4. The second-order valence-electron chi connectivity index (χ2n) is 5.18. The maximum Gasteiger partial charge on any atom is 0.272 e. The quantitative estimate of drug-likeness (QED) is 0.751. The number of nitrogens with one attached hydrogen (secondary N) is 1. The number of amides is 1. The fourth-order valence-corrected chi connectivity index (χ4v) is 2.29. The van der Waals surface area contributed by atoms with Crippen LogP contribution in [0.4, 0.5) is 5.69 Å². The van der Waals surface area contributed by atoms with Gasteiger partial charge in [0, 0.05) is 30.1 Å². The number of nitrogens with zero attached hydrogens (tertiary/aromatic N) is 2. The molecular formula is C17H15N3O3. The van der Waals surface area contributed by atoms with Crippen molar-refractivity contribution < 1.29 is 14.0 Å². The Labute approximate surface area is 132 Å². The van der Waals surface area contributed by atoms with Crippen LogP contribution < -0.4 is 5.32 Å². The second-order valence-corrected chi connectivity index (χ2v) is 5.18. The van der Waals surface area contributed by atoms with E-state index < -0.39 is 0 Å². The molecule has 0 radical (unpaired) electrons. The maximum atomic E-state index is 12.4. The Hall–Kier alpha value is -3.15. The average Bonchev–Trinajstić information content (AvgIpc) is 3.16. The molecule has 0 spiro atoms. The first-order valence-electron chi connectivity index (χ1n) is 7.02. The number of ketones is 1. The molecule has 0 atom stereocenters. The van der Waals surface area contributed by atoms with Crippen LogP contribution in [0.3, 0.4) is 0 Å². The van der Waals surface area contributed by atoms with Crippen LogP contribution in [0.5, 0.6) is 0 Å². The summed E-state index contributed by atoms with van der Waals surface area (Å²) >= 11 is 0. The highest BCUT2D eigenvalue weighted by atomic mass is 16.3. The van der Waals surface area contributed by atoms with Crippen molar-refractivity contribution in [3.8, 4) is 11.3 Å². The molecule has 0 fully saturated rings. The minimum atomic E-state index is -0.283. The van der Waals surface area contributed by atoms with E-state index in [1.807, 2.05) is 12.1 Å². The summed E-state index contributed by atoms with van der Waals surface area (Å²) in [7, 11) is 1.73. The van der Waals surface area contributed by atoms with Gasteiger partial charge in [-0.2, -0.15) is 0 Å². The lowest BCUT2D eigenvalue weighted by Gasteiger charge is -2.07. The molecule has 0 aliphatic carbocycles. The summed E-state index contributed by atoms with van der Waals surface area (Å²) in [6.07, 6.45) is 4.60. The van der Waals surface area contributed by atoms with Crippen molar-refractivity contribution in [1.29, 1.82) is 0 Å². The number of oxazole rings is 1. The predicted molar refractivity (Wildman–Crippen MR) is 85.3 cm³/mol. The van der Waals surface area contributed by atoms with Crippen LogP contribution in [0.25, 0.3) is 11.3 Å². The van der Waals surface area contributed by atoms with Gasteiger partial charge in [-0.05, 0) is 25.1 Å². The van der Waals surface area contributed by atoms with Gasteiger partial charge in [0.1, 0.15) is 5.69 Å². The topological polar surface area (TPSA) is 77.1 Å². The number of carbonyl (C=O) groups is 2. The molecule has 2 aromatic heterocycles. The van der Waals surface area contributed by atoms with Crippen LogP contribution in [0.1, 0.15) is 27.8 Å². The molecule has 0 bridgehead atoms. The van der Waals surface area contributed by atoms with Gasteiger partial charge in [-0.25, -0.2) is 4.98 Å². The highest BCUT2D eigenvalue weighted by molar-refractivity contribution is 6.05. The highest BCUT2D eigenvalue weighted by Gasteiger charge is 2.14. The number of aromatic nitrogens is 2. The molecular weight excluding hydrogens is 294 g/mol. The molecule has 6 heteroatoms. The van der Waals surface area contributed by atoms with Gasteiger partial charge >= 0.3 is 0 Å². The summed E-state index contributed by atoms with van der Waals surface area (Å²) < 4.78 is 6.88. The highest BCUT2D eigenvalue weighted by Crippen LogP contribution is 2.22. The molecule has 0 unspecified atom stereocenters. The van der Waals surface area contributed by atoms with Crippen LogP contribution in [0.2, 0.25) is 0 Å². The van der Waals surface area contributed by atoms with Crippen molar-refractivity contribution >= 4 is 17.4 Å². The van der Waals surface area contributed by atoms with Crippen molar-refractivity contribution in [3.63, 3.8) is 0 Å². The minimum Gasteiger partial charge on any atom is -0.444 e. The molecule has 0 saturated carbocycles. The summed E-state index contributed by atoms with van der Waals surface area (Å²) in [5, 5.41) is 2.82. The summed E-state index contributed by atoms with van der Waals surface area (Å²) in [4.78, 5) is 27.7. The smallest absolute Gasteiger partial charge is 0.272 e. The Balaban J connectivity index is 1.83. The molecule has 3 aromatic rings. The van der Waals surface area contributed by atoms with Crippen molar-refractivity contribution in [3.05, 3.63) is 60.4 Å². The summed E-state index contributed by atoms with van der Waals surface area (Å²) in [5.41, 5.74) is 2.37. The maximum absolute atomic E-state index is 12.4. The Bertz CT molecular complexity index is 863. The third-order valence-corrected chi connectivity index (χ3v) is 3.48. The van der Waals surface area contributed by atoms with E-state index in [0.29, 0.717) is 22.7 Å². The Morgan fingerprint density at radius 2 is 2.09 bits per heavy atom. The molecule has 2 heterocycles. The lowest BCUT2D eigenvalue weighted by Crippen LogP contribution is -2.15. The molecule has 1 N–H and O–H groups in total. The zero-order valence-corrected chi connectivity index (χ0v) is 12.7. The van der Waals surface area contributed by atoms with E-state index in [1.165, 1.54) is 13.3 Å². The van der Waals surface area contributed by atoms with E-state index in [1.54, 1.807) is 42.2 Å². The lowest BCUT2D eigenvalue weighted by atomic mass is 10.1. The van der Waals surface area contributed by atoms with E-state index in [9.17, 15) is 9.59 Å². The Morgan fingerprint density at radius 1 is 1.26 bits per heavy atom. The molecule has 1 amide bonds. The van der Waals surface area contributed by atoms with Crippen LogP contribution in [0, 0.1) is 0 Å². The van der Waals surface area contributed by atoms with Gasteiger partial charge < -0.3 is 14.3 Å². The zero-order chi connectivity index (χ0) is 16.4. The molecule has 6 nitrogen and oxygen atoms in total. The van der Waals surface area contributed by atoms with Crippen LogP contribution in [0.15, 0.2) is 53.5 Å². The molecule has 0 aliphatic rings. The first-order chi connectivity index (χ1) is 11.0. The second kappa shape index (κ2) is 5.92. The molecule has 0 saturated heterocycles. The van der Waals surface area contributed by atoms with Crippen molar-refractivity contribution in [2.75, 3.05) is 5.32 Å². The molecule has 0 aliphatic heterocycles. The standard InChI is InChI=1S/C17H15N3O3/c1-11(21)13-7-15(20(2)9-13)17(22)19-14-5-3-4-12(6-14)16-8-18-10-23-16/h3-10H,1-2H3,(H,19,22). The van der Waals surface area contributed by atoms with Crippen molar-refractivity contribution in [2.45, 2.75) is 6.92 Å². The summed E-state index contributed by atoms with van der Waals surface area (Å²) in [5.74, 6) is 0.264. The largest absolute Gasteiger partial charge is 0.444 e. The first-order valence-corrected chi connectivity index (χ1v) is 7.02. The van der Waals surface area contributed by atoms with E-state index in [2.05, 4.69) is 10.3 Å². The van der Waals surface area contributed by atoms with E-state index >= 15 is 0 Å². The van der Waals surface area contributed by atoms with Gasteiger partial charge in [0.25, 0.3) is 5.91 Å². The average molecular weight is 309 g/mol. The Kier molecular flexibility index (Phi) is 3.80. The van der Waals surface area contributed by atoms with Gasteiger partial charge in [-0.3, -0.25) is 9.59 Å². The third-order valence-electron chi connectivity index (χ3n) is 3.48. The summed E-state index contributed by atoms with van der Waals surface area (Å²) in [6.45, 7) is 1.47. The predicted octanol–water partition coefficient (Wildman–Crippen LogP) is 3.14. The zero-order valence-electron chi connectivity index (χ0n) is 12.7. The number of anilines is 1. The molecule has 3 rings (SSSR count). The molecule has 23 heavy (non-hydrogen) atoms. The SMILES string of the molecule is CC(=O)c1cc(C(=O)Nc2cccc(-c3cnco3)c2)n(C)c1. The summed E-state index contributed by atoms with van der Waals surface area (Å²) in [6, 6.07) is 8.85. The number of rotatable bonds is 4. The van der Waals surface area contributed by atoms with Gasteiger partial charge in [0.2, 0.25) is 0 Å². The lowest BCUT2D eigenvalue weighted by molar-refractivity contribution is 0.101. The van der Waals surface area contributed by atoms with Gasteiger partial charge in [-0.15, -0.1) is 0 Å². The molecule has 116 valence electrons. The fourth-order valence-electron chi connectivity index (χ4n) is 2.29. The van der Waals surface area contributed by atoms with Crippen molar-refractivity contribution in [1.82, 2.24) is 9.55 Å². The number of hydrogen-bond donors (Lipinski definition) is 1. The Morgan fingerprint density at radius 3 is 2.74 bits per heavy atom. The minimum absolute atomic E-state index is 0.0769. The van der Waals surface area contributed by atoms with Crippen LogP contribution >= 0.6 is 0 Å². The number of benzene rings is 1. The van der Waals surface area contributed by atoms with Gasteiger partial charge in [0.15, 0.2) is 17.9 Å². The monoisotopic (exact) mass is 309 g/mol. The van der Waals surface area contributed by atoms with E-state index in [0.717, 1.165) is 5.56 Å². The van der Waals surface area contributed by atoms with Crippen molar-refractivity contribution in [2.24, 2.45) is 7.05 Å². The van der Waals surface area contributed by atoms with Gasteiger partial charge in [0.05, 0.1) is 6.20 Å².